The Morgan fingerprint density at radius 2 is 1.62 bits per heavy atom. The molecule has 0 radical (unpaired) electrons. The number of alkyl carbamates (subject to hydrolysis) is 1. The molecule has 1 heterocycles. The normalized spacial score (nSPS) is 19.8. The molecule has 3 unspecified atom stereocenters. The van der Waals surface area contributed by atoms with Crippen LogP contribution in [0.2, 0.25) is 0 Å². The Labute approximate surface area is 236 Å². The van der Waals surface area contributed by atoms with Gasteiger partial charge in [0, 0.05) is 13.0 Å². The highest BCUT2D eigenvalue weighted by atomic mass is 16.6. The van der Waals surface area contributed by atoms with Crippen LogP contribution in [0, 0.1) is 0 Å². The monoisotopic (exact) mass is 563 g/mol. The lowest BCUT2D eigenvalue weighted by Gasteiger charge is -2.35. The van der Waals surface area contributed by atoms with E-state index in [9.17, 15) is 24.3 Å². The summed E-state index contributed by atoms with van der Waals surface area (Å²) in [6, 6.07) is 4.71. The van der Waals surface area contributed by atoms with Crippen molar-refractivity contribution in [3.05, 3.63) is 29.8 Å². The molecule has 0 aliphatic carbocycles. The van der Waals surface area contributed by atoms with Crippen LogP contribution in [0.5, 0.6) is 5.75 Å². The molecule has 0 saturated carbocycles. The van der Waals surface area contributed by atoms with E-state index in [1.54, 1.807) is 59.1 Å². The van der Waals surface area contributed by atoms with E-state index < -0.39 is 58.8 Å². The Hall–Kier alpha value is -3.34. The molecule has 4 atom stereocenters. The molecule has 0 spiro atoms. The van der Waals surface area contributed by atoms with Crippen LogP contribution in [0.4, 0.5) is 4.79 Å². The van der Waals surface area contributed by atoms with Gasteiger partial charge in [0.15, 0.2) is 0 Å². The Morgan fingerprint density at radius 3 is 2.12 bits per heavy atom. The van der Waals surface area contributed by atoms with E-state index in [0.717, 1.165) is 5.56 Å². The van der Waals surface area contributed by atoms with Crippen LogP contribution in [-0.4, -0.2) is 82.5 Å². The van der Waals surface area contributed by atoms with E-state index in [1.807, 2.05) is 20.8 Å². The number of ether oxygens (including phenoxy) is 3. The number of nitrogens with zero attached hydrogens (tertiary/aromatic N) is 1. The number of aliphatic carboxylic acids is 1. The predicted molar refractivity (Wildman–Crippen MR) is 149 cm³/mol. The summed E-state index contributed by atoms with van der Waals surface area (Å²) in [5, 5.41) is 15.3. The van der Waals surface area contributed by atoms with E-state index in [1.165, 1.54) is 11.8 Å². The number of hydrogen-bond acceptors (Lipinski definition) is 7. The van der Waals surface area contributed by atoms with Gasteiger partial charge in [-0.3, -0.25) is 9.59 Å². The topological polar surface area (TPSA) is 144 Å². The molecule has 1 saturated heterocycles. The van der Waals surface area contributed by atoms with Gasteiger partial charge in [0.25, 0.3) is 0 Å². The number of carboxylic acids is 1. The second kappa shape index (κ2) is 12.9. The van der Waals surface area contributed by atoms with Crippen LogP contribution >= 0.6 is 0 Å². The number of nitrogens with one attached hydrogen (secondary N) is 2. The number of amides is 3. The number of hydrogen-bond donors (Lipinski definition) is 3. The average Bonchev–Trinajstić information content (AvgIpc) is 3.22. The second-order valence-corrected chi connectivity index (χ2v) is 12.3. The molecule has 3 N–H and O–H groups in total. The maximum absolute atomic E-state index is 13.8. The Bertz CT molecular complexity index is 1060. The summed E-state index contributed by atoms with van der Waals surface area (Å²) in [5.74, 6) is -1.66. The molecule has 1 aromatic rings. The van der Waals surface area contributed by atoms with E-state index in [2.05, 4.69) is 10.6 Å². The molecule has 224 valence electrons. The second-order valence-electron chi connectivity index (χ2n) is 12.3. The van der Waals surface area contributed by atoms with E-state index in [-0.39, 0.29) is 13.0 Å². The lowest BCUT2D eigenvalue weighted by molar-refractivity contribution is -0.156. The first-order valence-corrected chi connectivity index (χ1v) is 13.5. The molecule has 1 aliphatic rings. The van der Waals surface area contributed by atoms with Gasteiger partial charge >= 0.3 is 12.1 Å². The maximum atomic E-state index is 13.8. The first kappa shape index (κ1) is 32.9. The third-order valence-corrected chi connectivity index (χ3v) is 6.54. The number of carbonyl (C=O) groups is 4. The smallest absolute Gasteiger partial charge is 0.408 e. The Kier molecular flexibility index (Phi) is 10.6. The molecule has 0 bridgehead atoms. The molecular weight excluding hydrogens is 518 g/mol. The van der Waals surface area contributed by atoms with Crippen molar-refractivity contribution < 1.29 is 38.5 Å². The third-order valence-electron chi connectivity index (χ3n) is 6.54. The van der Waals surface area contributed by atoms with Crippen molar-refractivity contribution in [2.75, 3.05) is 13.7 Å². The summed E-state index contributed by atoms with van der Waals surface area (Å²) < 4.78 is 16.6. The van der Waals surface area contributed by atoms with Crippen molar-refractivity contribution in [3.63, 3.8) is 0 Å². The summed E-state index contributed by atoms with van der Waals surface area (Å²) in [5.41, 5.74) is -2.10. The van der Waals surface area contributed by atoms with Gasteiger partial charge < -0.3 is 34.9 Å². The number of likely N-dealkylation sites (tertiary alicyclic amines) is 1. The minimum absolute atomic E-state index is 0.0917. The van der Waals surface area contributed by atoms with Gasteiger partial charge in [-0.05, 0) is 85.9 Å². The van der Waals surface area contributed by atoms with Gasteiger partial charge in [-0.15, -0.1) is 0 Å². The largest absolute Gasteiger partial charge is 0.497 e. The molecule has 1 aromatic carbocycles. The predicted octanol–water partition coefficient (Wildman–Crippen LogP) is 3.29. The van der Waals surface area contributed by atoms with Gasteiger partial charge in [-0.1, -0.05) is 12.1 Å². The third kappa shape index (κ3) is 9.11. The number of carboxylic acid groups (broad SMARTS) is 1. The molecular formula is C29H45N3O8. The molecule has 11 nitrogen and oxygen atoms in total. The zero-order chi connectivity index (χ0) is 30.5. The number of methoxy groups -OCH3 is 1. The first-order chi connectivity index (χ1) is 18.4. The molecule has 0 aromatic heterocycles. The van der Waals surface area contributed by atoms with Gasteiger partial charge in [0.05, 0.1) is 18.8 Å². The summed E-state index contributed by atoms with van der Waals surface area (Å²) in [6.45, 7) is 14.0. The Balaban J connectivity index is 2.41. The van der Waals surface area contributed by atoms with Gasteiger partial charge in [0.1, 0.15) is 29.0 Å². The van der Waals surface area contributed by atoms with Crippen LogP contribution in [-0.2, 0) is 30.3 Å². The minimum Gasteiger partial charge on any atom is -0.497 e. The summed E-state index contributed by atoms with van der Waals surface area (Å²) in [7, 11) is 1.54. The zero-order valence-corrected chi connectivity index (χ0v) is 25.1. The number of carbonyl (C=O) groups excluding carboxylic acids is 3. The highest BCUT2D eigenvalue weighted by molar-refractivity contribution is 5.94. The molecule has 40 heavy (non-hydrogen) atoms. The van der Waals surface area contributed by atoms with Crippen LogP contribution < -0.4 is 15.4 Å². The fourth-order valence-electron chi connectivity index (χ4n) is 4.64. The molecule has 11 heteroatoms. The van der Waals surface area contributed by atoms with Crippen molar-refractivity contribution in [1.29, 1.82) is 0 Å². The van der Waals surface area contributed by atoms with E-state index >= 15 is 0 Å². The van der Waals surface area contributed by atoms with Gasteiger partial charge in [-0.25, -0.2) is 9.59 Å². The quantitative estimate of drug-likeness (QED) is 0.394. The van der Waals surface area contributed by atoms with Crippen molar-refractivity contribution in [2.24, 2.45) is 0 Å². The zero-order valence-electron chi connectivity index (χ0n) is 25.1. The van der Waals surface area contributed by atoms with Crippen molar-refractivity contribution >= 4 is 23.9 Å². The standard InChI is InChI=1S/C29H45N3O8/c1-18(39-27(2,3)4)22(31-26(37)40-28(5,6)7)23(33)30-21(17-19-11-13-20(38-9)14-12-19)24(34)32-16-10-15-29(32,8)25(35)36/h11-14,18,21-22H,10,15-17H2,1-9H3,(H,30,33)(H,31,37)(H,35,36)/t18?,21?,22?,29-/m0/s1. The number of rotatable bonds is 10. The molecule has 3 amide bonds. The lowest BCUT2D eigenvalue weighted by atomic mass is 9.97. The Morgan fingerprint density at radius 1 is 1.02 bits per heavy atom. The fourth-order valence-corrected chi connectivity index (χ4v) is 4.64. The van der Waals surface area contributed by atoms with Crippen LogP contribution in [0.15, 0.2) is 24.3 Å². The van der Waals surface area contributed by atoms with E-state index in [4.69, 9.17) is 14.2 Å². The van der Waals surface area contributed by atoms with Gasteiger partial charge in [0.2, 0.25) is 11.8 Å². The SMILES string of the molecule is COc1ccc(CC(NC(=O)C(NC(=O)OC(C)(C)C)C(C)OC(C)(C)C)C(=O)N2CCC[C@@]2(C)C(=O)O)cc1. The average molecular weight is 564 g/mol. The van der Waals surface area contributed by atoms with Crippen molar-refractivity contribution in [3.8, 4) is 5.75 Å². The fraction of sp³-hybridized carbons (Fsp3) is 0.655. The van der Waals surface area contributed by atoms with Crippen molar-refractivity contribution in [1.82, 2.24) is 15.5 Å². The van der Waals surface area contributed by atoms with Gasteiger partial charge in [-0.2, -0.15) is 0 Å². The molecule has 1 fully saturated rings. The highest BCUT2D eigenvalue weighted by Crippen LogP contribution is 2.30. The summed E-state index contributed by atoms with van der Waals surface area (Å²) >= 11 is 0. The van der Waals surface area contributed by atoms with Crippen LogP contribution in [0.25, 0.3) is 0 Å². The first-order valence-electron chi connectivity index (χ1n) is 13.5. The molecule has 1 aliphatic heterocycles. The van der Waals surface area contributed by atoms with Crippen LogP contribution in [0.3, 0.4) is 0 Å². The lowest BCUT2D eigenvalue weighted by Crippen LogP contribution is -2.61. The summed E-state index contributed by atoms with van der Waals surface area (Å²) in [4.78, 5) is 53.6. The number of benzene rings is 1. The highest BCUT2D eigenvalue weighted by Gasteiger charge is 2.48. The maximum Gasteiger partial charge on any atom is 0.408 e. The minimum atomic E-state index is -1.39. The molecule has 2 rings (SSSR count). The van der Waals surface area contributed by atoms with Crippen molar-refractivity contribution in [2.45, 2.75) is 110 Å². The van der Waals surface area contributed by atoms with E-state index in [0.29, 0.717) is 18.6 Å². The summed E-state index contributed by atoms with van der Waals surface area (Å²) in [6.07, 6.45) is -0.685. The van der Waals surface area contributed by atoms with Crippen LogP contribution in [0.1, 0.15) is 73.8 Å².